The number of carbonyl (C=O) groups is 1. The van der Waals surface area contributed by atoms with E-state index in [0.29, 0.717) is 19.8 Å². The van der Waals surface area contributed by atoms with Gasteiger partial charge in [-0.05, 0) is 26.2 Å². The lowest BCUT2D eigenvalue weighted by atomic mass is 10.0. The van der Waals surface area contributed by atoms with Crippen LogP contribution < -0.4 is 4.90 Å². The Labute approximate surface area is 179 Å². The molecule has 6 nitrogen and oxygen atoms in total. The summed E-state index contributed by atoms with van der Waals surface area (Å²) < 4.78 is 11.4. The van der Waals surface area contributed by atoms with Crippen molar-refractivity contribution in [3.63, 3.8) is 0 Å². The number of hydrogen-bond acceptors (Lipinski definition) is 5. The van der Waals surface area contributed by atoms with Crippen LogP contribution in [-0.2, 0) is 16.1 Å². The Hall–Kier alpha value is -2.34. The molecule has 2 heterocycles. The molecule has 0 N–H and O–H groups in total. The molecule has 0 unspecified atom stereocenters. The molecule has 2 fully saturated rings. The van der Waals surface area contributed by atoms with Crippen LogP contribution in [0.5, 0.6) is 0 Å². The van der Waals surface area contributed by atoms with Crippen LogP contribution in [0.25, 0.3) is 11.3 Å². The third-order valence-electron chi connectivity index (χ3n) is 6.55. The minimum Gasteiger partial charge on any atom is -0.378 e. The van der Waals surface area contributed by atoms with E-state index in [1.165, 1.54) is 0 Å². The van der Waals surface area contributed by atoms with Crippen LogP contribution in [0, 0.1) is 5.92 Å². The standard InChI is InChI=1S/C24H33N3O3/c1-3-18(2)27(23(28)20-11-7-8-12-20)17-21-22(19-9-5-4-6-10-19)25-30-24(21)26-13-15-29-16-14-26/h4-6,9-10,18,20H,3,7-8,11-17H2,1-2H3/t18-/m0/s1. The number of nitrogens with zero attached hydrogens (tertiary/aromatic N) is 3. The number of benzene rings is 1. The zero-order valence-electron chi connectivity index (χ0n) is 18.2. The quantitative estimate of drug-likeness (QED) is 0.672. The van der Waals surface area contributed by atoms with Crippen molar-refractivity contribution in [2.75, 3.05) is 31.2 Å². The fourth-order valence-corrected chi connectivity index (χ4v) is 4.53. The van der Waals surface area contributed by atoms with E-state index in [2.05, 4.69) is 40.9 Å². The molecule has 1 atom stereocenters. The monoisotopic (exact) mass is 411 g/mol. The fraction of sp³-hybridized carbons (Fsp3) is 0.583. The smallest absolute Gasteiger partial charge is 0.233 e. The number of rotatable bonds is 7. The van der Waals surface area contributed by atoms with Crippen molar-refractivity contribution in [2.24, 2.45) is 5.92 Å². The molecule has 1 aliphatic carbocycles. The Morgan fingerprint density at radius 1 is 1.20 bits per heavy atom. The first-order valence-corrected chi connectivity index (χ1v) is 11.4. The maximum Gasteiger partial charge on any atom is 0.233 e. The maximum atomic E-state index is 13.4. The molecule has 1 aromatic carbocycles. The highest BCUT2D eigenvalue weighted by molar-refractivity contribution is 5.80. The number of ether oxygens (including phenoxy) is 1. The first-order valence-electron chi connectivity index (χ1n) is 11.4. The van der Waals surface area contributed by atoms with Crippen molar-refractivity contribution in [1.29, 1.82) is 0 Å². The molecular formula is C24H33N3O3. The highest BCUT2D eigenvalue weighted by Gasteiger charge is 2.33. The van der Waals surface area contributed by atoms with Gasteiger partial charge in [0.1, 0.15) is 5.69 Å². The van der Waals surface area contributed by atoms with E-state index in [9.17, 15) is 4.79 Å². The summed E-state index contributed by atoms with van der Waals surface area (Å²) in [6.45, 7) is 7.73. The van der Waals surface area contributed by atoms with Gasteiger partial charge >= 0.3 is 0 Å². The summed E-state index contributed by atoms with van der Waals surface area (Å²) in [5.74, 6) is 1.23. The van der Waals surface area contributed by atoms with Crippen LogP contribution in [0.3, 0.4) is 0 Å². The van der Waals surface area contributed by atoms with E-state index < -0.39 is 0 Å². The molecule has 6 heteroatoms. The average molecular weight is 412 g/mol. The second kappa shape index (κ2) is 9.65. The Morgan fingerprint density at radius 3 is 2.57 bits per heavy atom. The predicted molar refractivity (Wildman–Crippen MR) is 117 cm³/mol. The molecule has 162 valence electrons. The lowest BCUT2D eigenvalue weighted by molar-refractivity contribution is -0.138. The summed E-state index contributed by atoms with van der Waals surface area (Å²) in [4.78, 5) is 17.7. The number of aromatic nitrogens is 1. The molecule has 1 saturated heterocycles. The Bertz CT molecular complexity index is 823. The molecule has 1 saturated carbocycles. The van der Waals surface area contributed by atoms with Crippen LogP contribution in [-0.4, -0.2) is 48.3 Å². The number of carbonyl (C=O) groups excluding carboxylic acids is 1. The minimum absolute atomic E-state index is 0.158. The lowest BCUT2D eigenvalue weighted by Crippen LogP contribution is -2.42. The molecule has 1 amide bonds. The summed E-state index contributed by atoms with van der Waals surface area (Å²) >= 11 is 0. The lowest BCUT2D eigenvalue weighted by Gasteiger charge is -2.32. The molecule has 0 bridgehead atoms. The first-order chi connectivity index (χ1) is 14.7. The molecule has 1 aliphatic heterocycles. The first kappa shape index (κ1) is 20.9. The Kier molecular flexibility index (Phi) is 6.72. The number of morpholine rings is 1. The second-order valence-electron chi connectivity index (χ2n) is 8.49. The third kappa shape index (κ3) is 4.38. The van der Waals surface area contributed by atoms with Crippen LogP contribution in [0.4, 0.5) is 5.88 Å². The molecule has 0 radical (unpaired) electrons. The summed E-state index contributed by atoms with van der Waals surface area (Å²) in [5.41, 5.74) is 2.87. The molecule has 2 aromatic rings. The van der Waals surface area contributed by atoms with Crippen molar-refractivity contribution in [1.82, 2.24) is 10.1 Å². The molecule has 30 heavy (non-hydrogen) atoms. The van der Waals surface area contributed by atoms with Gasteiger partial charge in [-0.3, -0.25) is 4.79 Å². The largest absolute Gasteiger partial charge is 0.378 e. The van der Waals surface area contributed by atoms with Gasteiger partial charge in [-0.15, -0.1) is 0 Å². The Morgan fingerprint density at radius 2 is 1.90 bits per heavy atom. The zero-order valence-corrected chi connectivity index (χ0v) is 18.2. The van der Waals surface area contributed by atoms with Crippen LogP contribution in [0.2, 0.25) is 0 Å². The van der Waals surface area contributed by atoms with E-state index in [-0.39, 0.29) is 17.9 Å². The van der Waals surface area contributed by atoms with E-state index in [1.54, 1.807) is 0 Å². The van der Waals surface area contributed by atoms with Crippen molar-refractivity contribution < 1.29 is 14.1 Å². The fourth-order valence-electron chi connectivity index (χ4n) is 4.53. The highest BCUT2D eigenvalue weighted by atomic mass is 16.5. The minimum atomic E-state index is 0.158. The number of hydrogen-bond donors (Lipinski definition) is 0. The summed E-state index contributed by atoms with van der Waals surface area (Å²) in [7, 11) is 0. The van der Waals surface area contributed by atoms with E-state index in [4.69, 9.17) is 9.26 Å². The Balaban J connectivity index is 1.70. The van der Waals surface area contributed by atoms with Crippen molar-refractivity contribution in [3.8, 4) is 11.3 Å². The molecule has 1 aromatic heterocycles. The van der Waals surface area contributed by atoms with Crippen molar-refractivity contribution in [3.05, 3.63) is 35.9 Å². The van der Waals surface area contributed by atoms with Gasteiger partial charge in [0.05, 0.1) is 25.3 Å². The van der Waals surface area contributed by atoms with Gasteiger partial charge in [-0.1, -0.05) is 55.3 Å². The van der Waals surface area contributed by atoms with Gasteiger partial charge in [0.25, 0.3) is 0 Å². The molecular weight excluding hydrogens is 378 g/mol. The summed E-state index contributed by atoms with van der Waals surface area (Å²) in [5, 5.41) is 4.46. The van der Waals surface area contributed by atoms with Crippen LogP contribution in [0.15, 0.2) is 34.9 Å². The zero-order chi connectivity index (χ0) is 20.9. The van der Waals surface area contributed by atoms with Crippen molar-refractivity contribution >= 4 is 11.8 Å². The summed E-state index contributed by atoms with van der Waals surface area (Å²) in [6.07, 6.45) is 5.27. The normalized spacial score (nSPS) is 18.5. The van der Waals surface area contributed by atoms with Gasteiger partial charge in [0.15, 0.2) is 0 Å². The maximum absolute atomic E-state index is 13.4. The van der Waals surface area contributed by atoms with Crippen LogP contribution in [0.1, 0.15) is 51.5 Å². The predicted octanol–water partition coefficient (Wildman–Crippen LogP) is 4.50. The SMILES string of the molecule is CC[C@H](C)N(Cc1c(-c2ccccc2)noc1N1CCOCC1)C(=O)C1CCCC1. The number of anilines is 1. The molecule has 2 aliphatic rings. The number of amides is 1. The van der Waals surface area contributed by atoms with Crippen LogP contribution >= 0.6 is 0 Å². The van der Waals surface area contributed by atoms with Gasteiger partial charge in [-0.25, -0.2) is 0 Å². The van der Waals surface area contributed by atoms with Gasteiger partial charge in [-0.2, -0.15) is 0 Å². The summed E-state index contributed by atoms with van der Waals surface area (Å²) in [6, 6.07) is 10.3. The topological polar surface area (TPSA) is 58.8 Å². The van der Waals surface area contributed by atoms with Gasteiger partial charge in [0.2, 0.25) is 11.8 Å². The highest BCUT2D eigenvalue weighted by Crippen LogP contribution is 2.35. The van der Waals surface area contributed by atoms with Gasteiger partial charge < -0.3 is 19.1 Å². The third-order valence-corrected chi connectivity index (χ3v) is 6.55. The van der Waals surface area contributed by atoms with E-state index >= 15 is 0 Å². The van der Waals surface area contributed by atoms with Gasteiger partial charge in [0, 0.05) is 30.6 Å². The van der Waals surface area contributed by atoms with Crippen molar-refractivity contribution in [2.45, 2.75) is 58.5 Å². The second-order valence-corrected chi connectivity index (χ2v) is 8.49. The molecule has 0 spiro atoms. The average Bonchev–Trinajstić information content (AvgIpc) is 3.48. The van der Waals surface area contributed by atoms with E-state index in [1.807, 2.05) is 18.2 Å². The van der Waals surface area contributed by atoms with E-state index in [0.717, 1.165) is 67.9 Å². The molecule has 4 rings (SSSR count).